The molecular weight excluding hydrogens is 232 g/mol. The van der Waals surface area contributed by atoms with Crippen molar-refractivity contribution in [2.24, 2.45) is 0 Å². The maximum atomic E-state index is 11.3. The zero-order chi connectivity index (χ0) is 13.8. The Morgan fingerprint density at radius 1 is 1.61 bits per heavy atom. The number of aliphatic hydroxyl groups is 1. The second-order valence-corrected chi connectivity index (χ2v) is 4.65. The van der Waals surface area contributed by atoms with Gasteiger partial charge in [0.2, 0.25) is 0 Å². The third kappa shape index (κ3) is 4.18. The molecule has 18 heavy (non-hydrogen) atoms. The zero-order valence-corrected chi connectivity index (χ0v) is 10.8. The van der Waals surface area contributed by atoms with Gasteiger partial charge in [0.05, 0.1) is 16.9 Å². The summed E-state index contributed by atoms with van der Waals surface area (Å²) in [6.45, 7) is 4.84. The van der Waals surface area contributed by atoms with Gasteiger partial charge in [-0.05, 0) is 26.8 Å². The molecule has 1 aliphatic heterocycles. The quantitative estimate of drug-likeness (QED) is 0.507. The third-order valence-corrected chi connectivity index (χ3v) is 2.18. The van der Waals surface area contributed by atoms with E-state index in [4.69, 9.17) is 10.1 Å². The van der Waals surface area contributed by atoms with E-state index in [-0.39, 0.29) is 18.0 Å². The lowest BCUT2D eigenvalue weighted by atomic mass is 10.1. The van der Waals surface area contributed by atoms with Crippen molar-refractivity contribution in [1.29, 1.82) is 5.41 Å². The number of rotatable bonds is 5. The molecule has 0 saturated heterocycles. The molecule has 0 aromatic carbocycles. The molecule has 3 N–H and O–H groups in total. The van der Waals surface area contributed by atoms with E-state index in [9.17, 15) is 9.90 Å². The van der Waals surface area contributed by atoms with Crippen LogP contribution >= 0.6 is 0 Å². The minimum absolute atomic E-state index is 0.149. The van der Waals surface area contributed by atoms with Gasteiger partial charge in [0, 0.05) is 18.5 Å². The Hall–Kier alpha value is -1.88. The van der Waals surface area contributed by atoms with Crippen LogP contribution in [0.2, 0.25) is 0 Å². The molecule has 98 valence electrons. The van der Waals surface area contributed by atoms with E-state index in [0.717, 1.165) is 6.21 Å². The lowest BCUT2D eigenvalue weighted by Crippen LogP contribution is -2.26. The number of Topliss-reactive ketones (excluding diaryl/α,β-unsaturated/α-hetero) is 1. The zero-order valence-electron chi connectivity index (χ0n) is 10.8. The Kier molecular flexibility index (Phi) is 4.44. The van der Waals surface area contributed by atoms with Crippen LogP contribution in [-0.4, -0.2) is 29.3 Å². The molecular formula is C13H18N2O3. The first-order valence-electron chi connectivity index (χ1n) is 5.59. The van der Waals surface area contributed by atoms with Crippen LogP contribution in [0.1, 0.15) is 20.8 Å². The number of ether oxygens (including phenoxy) is 1. The average molecular weight is 250 g/mol. The molecule has 0 aromatic heterocycles. The van der Waals surface area contributed by atoms with Crippen molar-refractivity contribution in [3.05, 3.63) is 35.4 Å². The highest BCUT2D eigenvalue weighted by Crippen LogP contribution is 2.14. The van der Waals surface area contributed by atoms with Gasteiger partial charge in [-0.25, -0.2) is 0 Å². The molecule has 5 nitrogen and oxygen atoms in total. The van der Waals surface area contributed by atoms with E-state index in [2.05, 4.69) is 5.32 Å². The summed E-state index contributed by atoms with van der Waals surface area (Å²) in [6.07, 6.45) is 5.96. The van der Waals surface area contributed by atoms with E-state index in [0.29, 0.717) is 11.5 Å². The van der Waals surface area contributed by atoms with Gasteiger partial charge in [-0.15, -0.1) is 0 Å². The summed E-state index contributed by atoms with van der Waals surface area (Å²) >= 11 is 0. The Labute approximate surface area is 106 Å². The van der Waals surface area contributed by atoms with Crippen LogP contribution in [-0.2, 0) is 9.53 Å². The molecule has 0 spiro atoms. The van der Waals surface area contributed by atoms with Gasteiger partial charge in [-0.3, -0.25) is 4.79 Å². The minimum Gasteiger partial charge on any atom is -0.490 e. The minimum atomic E-state index is -0.922. The standard InChI is InChI=1S/C13H18N2O3/c1-9(16)11(7-14)12-6-10(4-5-15-12)18-8-13(2,3)17/h4-7,14-15,17H,8H2,1-3H3/b12-11+,14-7?. The molecule has 0 fully saturated rings. The van der Waals surface area contributed by atoms with Crippen molar-refractivity contribution in [1.82, 2.24) is 5.32 Å². The van der Waals surface area contributed by atoms with Gasteiger partial charge in [-0.1, -0.05) is 0 Å². The number of hydrogen-bond donors (Lipinski definition) is 3. The van der Waals surface area contributed by atoms with Crippen molar-refractivity contribution in [3.63, 3.8) is 0 Å². The molecule has 0 saturated carbocycles. The topological polar surface area (TPSA) is 82.4 Å². The van der Waals surface area contributed by atoms with Gasteiger partial charge < -0.3 is 20.6 Å². The lowest BCUT2D eigenvalue weighted by molar-refractivity contribution is -0.113. The summed E-state index contributed by atoms with van der Waals surface area (Å²) in [4.78, 5) is 11.3. The normalized spacial score (nSPS) is 17.7. The van der Waals surface area contributed by atoms with Crippen molar-refractivity contribution < 1.29 is 14.6 Å². The summed E-state index contributed by atoms with van der Waals surface area (Å²) in [7, 11) is 0. The molecule has 1 rings (SSSR count). The highest BCUT2D eigenvalue weighted by Gasteiger charge is 2.15. The molecule has 0 bridgehead atoms. The Bertz CT molecular complexity index is 440. The third-order valence-electron chi connectivity index (χ3n) is 2.18. The largest absolute Gasteiger partial charge is 0.490 e. The number of dihydropyridines is 1. The molecule has 0 unspecified atom stereocenters. The first-order valence-corrected chi connectivity index (χ1v) is 5.59. The number of nitrogens with one attached hydrogen (secondary N) is 2. The second-order valence-electron chi connectivity index (χ2n) is 4.65. The molecule has 0 atom stereocenters. The lowest BCUT2D eigenvalue weighted by Gasteiger charge is -2.20. The van der Waals surface area contributed by atoms with E-state index in [1.165, 1.54) is 6.92 Å². The maximum Gasteiger partial charge on any atom is 0.163 e. The van der Waals surface area contributed by atoms with Crippen molar-refractivity contribution in [3.8, 4) is 0 Å². The van der Waals surface area contributed by atoms with Crippen LogP contribution in [0.15, 0.2) is 35.4 Å². The predicted molar refractivity (Wildman–Crippen MR) is 69.1 cm³/mol. The van der Waals surface area contributed by atoms with Crippen LogP contribution < -0.4 is 5.32 Å². The van der Waals surface area contributed by atoms with E-state index < -0.39 is 5.60 Å². The monoisotopic (exact) mass is 250 g/mol. The van der Waals surface area contributed by atoms with Crippen molar-refractivity contribution in [2.45, 2.75) is 26.4 Å². The molecule has 0 radical (unpaired) electrons. The molecule has 0 aliphatic carbocycles. The summed E-state index contributed by atoms with van der Waals surface area (Å²) in [6, 6.07) is 0. The Morgan fingerprint density at radius 3 is 2.78 bits per heavy atom. The van der Waals surface area contributed by atoms with Crippen LogP contribution in [0, 0.1) is 5.41 Å². The Balaban J connectivity index is 2.88. The first kappa shape index (κ1) is 14.2. The van der Waals surface area contributed by atoms with Crippen LogP contribution in [0.5, 0.6) is 0 Å². The number of ketones is 1. The summed E-state index contributed by atoms with van der Waals surface area (Å²) < 4.78 is 5.42. The Morgan fingerprint density at radius 2 is 2.28 bits per heavy atom. The number of carbonyl (C=O) groups excluding carboxylic acids is 1. The van der Waals surface area contributed by atoms with Crippen LogP contribution in [0.4, 0.5) is 0 Å². The highest BCUT2D eigenvalue weighted by atomic mass is 16.5. The van der Waals surface area contributed by atoms with Gasteiger partial charge in [-0.2, -0.15) is 0 Å². The second kappa shape index (κ2) is 5.64. The van der Waals surface area contributed by atoms with Gasteiger partial charge >= 0.3 is 0 Å². The van der Waals surface area contributed by atoms with E-state index >= 15 is 0 Å². The van der Waals surface area contributed by atoms with E-state index in [1.807, 2.05) is 0 Å². The number of allylic oxidation sites excluding steroid dienone is 3. The van der Waals surface area contributed by atoms with Crippen molar-refractivity contribution in [2.75, 3.05) is 6.61 Å². The fourth-order valence-electron chi connectivity index (χ4n) is 1.32. The number of carbonyl (C=O) groups is 1. The molecule has 1 heterocycles. The van der Waals surface area contributed by atoms with E-state index in [1.54, 1.807) is 32.2 Å². The molecule has 1 aliphatic rings. The van der Waals surface area contributed by atoms with Crippen LogP contribution in [0.25, 0.3) is 0 Å². The summed E-state index contributed by atoms with van der Waals surface area (Å²) in [5, 5.41) is 19.7. The molecule has 0 amide bonds. The maximum absolute atomic E-state index is 11.3. The molecule has 5 heteroatoms. The first-order chi connectivity index (χ1) is 8.33. The van der Waals surface area contributed by atoms with Crippen LogP contribution in [0.3, 0.4) is 0 Å². The van der Waals surface area contributed by atoms with Gasteiger partial charge in [0.25, 0.3) is 0 Å². The fourth-order valence-corrected chi connectivity index (χ4v) is 1.32. The molecule has 0 aromatic rings. The van der Waals surface area contributed by atoms with Gasteiger partial charge in [0.15, 0.2) is 5.78 Å². The SMILES string of the molecule is CC(=O)/C(C=N)=C1\C=C(OCC(C)(C)O)C=CN1. The highest BCUT2D eigenvalue weighted by molar-refractivity contribution is 6.12. The smallest absolute Gasteiger partial charge is 0.163 e. The number of hydrogen-bond acceptors (Lipinski definition) is 5. The fraction of sp³-hybridized carbons (Fsp3) is 0.385. The average Bonchev–Trinajstić information content (AvgIpc) is 2.26. The van der Waals surface area contributed by atoms with Crippen molar-refractivity contribution >= 4 is 12.0 Å². The predicted octanol–water partition coefficient (Wildman–Crippen LogP) is 1.27. The summed E-state index contributed by atoms with van der Waals surface area (Å²) in [5.74, 6) is 0.340. The summed E-state index contributed by atoms with van der Waals surface area (Å²) in [5.41, 5.74) is -0.122. The van der Waals surface area contributed by atoms with Gasteiger partial charge in [0.1, 0.15) is 12.4 Å².